The highest BCUT2D eigenvalue weighted by Gasteiger charge is 2.21. The molecule has 1 aromatic carbocycles. The first-order valence-corrected chi connectivity index (χ1v) is 6.88. The first kappa shape index (κ1) is 14.8. The number of aromatic carboxylic acids is 1. The van der Waals surface area contributed by atoms with Crippen LogP contribution in [-0.4, -0.2) is 54.4 Å². The number of rotatable bonds is 5. The van der Waals surface area contributed by atoms with Gasteiger partial charge in [0.05, 0.1) is 17.8 Å². The summed E-state index contributed by atoms with van der Waals surface area (Å²) in [6, 6.07) is 6.48. The second-order valence-electron chi connectivity index (χ2n) is 5.19. The van der Waals surface area contributed by atoms with Gasteiger partial charge in [-0.2, -0.15) is 0 Å². The van der Waals surface area contributed by atoms with E-state index < -0.39 is 5.97 Å². The fourth-order valence-corrected chi connectivity index (χ4v) is 2.45. The summed E-state index contributed by atoms with van der Waals surface area (Å²) in [4.78, 5) is 13.1. The fraction of sp³-hybridized carbons (Fsp3) is 0.533. The third-order valence-corrected chi connectivity index (χ3v) is 3.27. The number of carbonyl (C=O) groups is 1. The van der Waals surface area contributed by atoms with Crippen LogP contribution in [0.25, 0.3) is 0 Å². The van der Waals surface area contributed by atoms with Gasteiger partial charge in [0.25, 0.3) is 0 Å². The largest absolute Gasteiger partial charge is 0.492 e. The molecule has 1 aliphatic heterocycles. The quantitative estimate of drug-likeness (QED) is 0.891. The Kier molecular flexibility index (Phi) is 4.98. The van der Waals surface area contributed by atoms with Crippen molar-refractivity contribution in [3.63, 3.8) is 0 Å². The van der Waals surface area contributed by atoms with Gasteiger partial charge in [-0.15, -0.1) is 0 Å². The van der Waals surface area contributed by atoms with Gasteiger partial charge in [-0.05, 0) is 38.1 Å². The molecule has 2 unspecified atom stereocenters. The van der Waals surface area contributed by atoms with Crippen molar-refractivity contribution in [3.05, 3.63) is 29.8 Å². The Hall–Kier alpha value is -1.59. The van der Waals surface area contributed by atoms with E-state index in [1.165, 1.54) is 0 Å². The second kappa shape index (κ2) is 6.72. The van der Waals surface area contributed by atoms with E-state index in [0.29, 0.717) is 12.4 Å². The van der Waals surface area contributed by atoms with E-state index in [1.54, 1.807) is 24.3 Å². The maximum Gasteiger partial charge on any atom is 0.335 e. The first-order valence-electron chi connectivity index (χ1n) is 6.88. The van der Waals surface area contributed by atoms with Crippen molar-refractivity contribution in [1.82, 2.24) is 4.90 Å². The van der Waals surface area contributed by atoms with Gasteiger partial charge >= 0.3 is 5.97 Å². The summed E-state index contributed by atoms with van der Waals surface area (Å²) in [5, 5.41) is 8.81. The average molecular weight is 279 g/mol. The molecule has 0 aromatic heterocycles. The molecular weight excluding hydrogens is 258 g/mol. The minimum absolute atomic E-state index is 0.258. The number of carboxylic acid groups (broad SMARTS) is 1. The summed E-state index contributed by atoms with van der Waals surface area (Å²) in [6.45, 7) is 7.43. The Morgan fingerprint density at radius 2 is 1.90 bits per heavy atom. The van der Waals surface area contributed by atoms with Crippen LogP contribution >= 0.6 is 0 Å². The van der Waals surface area contributed by atoms with Crippen molar-refractivity contribution in [2.45, 2.75) is 26.1 Å². The lowest BCUT2D eigenvalue weighted by Crippen LogP contribution is -2.46. The first-order chi connectivity index (χ1) is 9.54. The van der Waals surface area contributed by atoms with E-state index in [-0.39, 0.29) is 17.8 Å². The van der Waals surface area contributed by atoms with Gasteiger partial charge in [-0.25, -0.2) is 4.79 Å². The van der Waals surface area contributed by atoms with Crippen molar-refractivity contribution in [2.75, 3.05) is 26.2 Å². The second-order valence-corrected chi connectivity index (χ2v) is 5.19. The van der Waals surface area contributed by atoms with E-state index >= 15 is 0 Å². The summed E-state index contributed by atoms with van der Waals surface area (Å²) in [5.74, 6) is -0.225. The molecule has 20 heavy (non-hydrogen) atoms. The van der Waals surface area contributed by atoms with Crippen LogP contribution < -0.4 is 4.74 Å². The number of carboxylic acids is 1. The zero-order valence-electron chi connectivity index (χ0n) is 11.9. The van der Waals surface area contributed by atoms with E-state index in [1.807, 2.05) is 0 Å². The molecule has 0 saturated carbocycles. The van der Waals surface area contributed by atoms with Gasteiger partial charge in [0.15, 0.2) is 0 Å². The minimum Gasteiger partial charge on any atom is -0.492 e. The van der Waals surface area contributed by atoms with Crippen LogP contribution in [0.2, 0.25) is 0 Å². The normalized spacial score (nSPS) is 23.5. The fourth-order valence-electron chi connectivity index (χ4n) is 2.45. The Balaban J connectivity index is 1.76. The molecular formula is C15H21NO4. The Labute approximate surface area is 119 Å². The minimum atomic E-state index is -0.923. The maximum absolute atomic E-state index is 10.7. The molecule has 0 radical (unpaired) electrons. The zero-order chi connectivity index (χ0) is 14.5. The topological polar surface area (TPSA) is 59.0 Å². The van der Waals surface area contributed by atoms with Crippen LogP contribution in [0, 0.1) is 0 Å². The SMILES string of the molecule is CC1CN(CCOc2ccc(C(=O)O)cc2)CC(C)O1. The third kappa shape index (κ3) is 4.21. The number of morpholine rings is 1. The molecule has 1 fully saturated rings. The number of benzene rings is 1. The molecule has 0 bridgehead atoms. The number of nitrogens with zero attached hydrogens (tertiary/aromatic N) is 1. The molecule has 1 heterocycles. The molecule has 2 atom stereocenters. The molecule has 110 valence electrons. The number of ether oxygens (including phenoxy) is 2. The third-order valence-electron chi connectivity index (χ3n) is 3.27. The maximum atomic E-state index is 10.7. The molecule has 5 heteroatoms. The summed E-state index contributed by atoms with van der Waals surface area (Å²) < 4.78 is 11.3. The van der Waals surface area contributed by atoms with Gasteiger partial charge in [-0.3, -0.25) is 4.90 Å². The van der Waals surface area contributed by atoms with Gasteiger partial charge in [0.1, 0.15) is 12.4 Å². The highest BCUT2D eigenvalue weighted by Crippen LogP contribution is 2.13. The van der Waals surface area contributed by atoms with E-state index in [4.69, 9.17) is 14.6 Å². The molecule has 5 nitrogen and oxygen atoms in total. The molecule has 0 spiro atoms. The highest BCUT2D eigenvalue weighted by atomic mass is 16.5. The van der Waals surface area contributed by atoms with Crippen molar-refractivity contribution < 1.29 is 19.4 Å². The van der Waals surface area contributed by atoms with Crippen LogP contribution in [-0.2, 0) is 4.74 Å². The van der Waals surface area contributed by atoms with Gasteiger partial charge in [0.2, 0.25) is 0 Å². The lowest BCUT2D eigenvalue weighted by atomic mass is 10.2. The van der Waals surface area contributed by atoms with Crippen LogP contribution in [0.3, 0.4) is 0 Å². The van der Waals surface area contributed by atoms with E-state index in [2.05, 4.69) is 18.7 Å². The molecule has 1 aromatic rings. The summed E-state index contributed by atoms with van der Waals surface area (Å²) in [5.41, 5.74) is 0.271. The summed E-state index contributed by atoms with van der Waals surface area (Å²) in [6.07, 6.45) is 0.516. The lowest BCUT2D eigenvalue weighted by molar-refractivity contribution is -0.0699. The van der Waals surface area contributed by atoms with Crippen LogP contribution in [0.1, 0.15) is 24.2 Å². The summed E-state index contributed by atoms with van der Waals surface area (Å²) in [7, 11) is 0. The van der Waals surface area contributed by atoms with Gasteiger partial charge in [-0.1, -0.05) is 0 Å². The molecule has 1 N–H and O–H groups in total. The standard InChI is InChI=1S/C15H21NO4/c1-11-9-16(10-12(2)20-11)7-8-19-14-5-3-13(4-6-14)15(17)18/h3-6,11-12H,7-10H2,1-2H3,(H,17,18). The number of hydrogen-bond acceptors (Lipinski definition) is 4. The van der Waals surface area contributed by atoms with Crippen molar-refractivity contribution >= 4 is 5.97 Å². The molecule has 0 aliphatic carbocycles. The van der Waals surface area contributed by atoms with Gasteiger partial charge in [0, 0.05) is 19.6 Å². The molecule has 1 saturated heterocycles. The smallest absolute Gasteiger partial charge is 0.335 e. The summed E-state index contributed by atoms with van der Waals surface area (Å²) >= 11 is 0. The molecule has 1 aliphatic rings. The molecule has 0 amide bonds. The van der Waals surface area contributed by atoms with Crippen molar-refractivity contribution in [3.8, 4) is 5.75 Å². The monoisotopic (exact) mass is 279 g/mol. The lowest BCUT2D eigenvalue weighted by Gasteiger charge is -2.35. The zero-order valence-corrected chi connectivity index (χ0v) is 11.9. The van der Waals surface area contributed by atoms with Gasteiger partial charge < -0.3 is 14.6 Å². The Morgan fingerprint density at radius 1 is 1.30 bits per heavy atom. The van der Waals surface area contributed by atoms with E-state index in [9.17, 15) is 4.79 Å². The van der Waals surface area contributed by atoms with Crippen molar-refractivity contribution in [1.29, 1.82) is 0 Å². The predicted octanol–water partition coefficient (Wildman–Crippen LogP) is 1.87. The Bertz CT molecular complexity index is 436. The average Bonchev–Trinajstić information content (AvgIpc) is 2.38. The number of hydrogen-bond donors (Lipinski definition) is 1. The predicted molar refractivity (Wildman–Crippen MR) is 75.3 cm³/mol. The Morgan fingerprint density at radius 3 is 2.45 bits per heavy atom. The van der Waals surface area contributed by atoms with Crippen LogP contribution in [0.15, 0.2) is 24.3 Å². The van der Waals surface area contributed by atoms with E-state index in [0.717, 1.165) is 19.6 Å². The van der Waals surface area contributed by atoms with Crippen LogP contribution in [0.4, 0.5) is 0 Å². The van der Waals surface area contributed by atoms with Crippen LogP contribution in [0.5, 0.6) is 5.75 Å². The highest BCUT2D eigenvalue weighted by molar-refractivity contribution is 5.87. The van der Waals surface area contributed by atoms with Crippen molar-refractivity contribution in [2.24, 2.45) is 0 Å². The molecule has 2 rings (SSSR count).